The lowest BCUT2D eigenvalue weighted by atomic mass is 9.92. The molecule has 0 bridgehead atoms. The van der Waals surface area contributed by atoms with Gasteiger partial charge in [-0.05, 0) is 61.8 Å². The molecule has 2 heteroatoms. The molecule has 1 N–H and O–H groups in total. The molecule has 1 aromatic rings. The first kappa shape index (κ1) is 14.4. The van der Waals surface area contributed by atoms with Crippen molar-refractivity contribution in [3.8, 4) is 5.75 Å². The molecular formula is C17H27NO. The summed E-state index contributed by atoms with van der Waals surface area (Å²) in [4.78, 5) is 0. The summed E-state index contributed by atoms with van der Waals surface area (Å²) >= 11 is 0. The van der Waals surface area contributed by atoms with Crippen LogP contribution < -0.4 is 10.1 Å². The molecule has 106 valence electrons. The summed E-state index contributed by atoms with van der Waals surface area (Å²) in [5.41, 5.74) is 3.02. The maximum absolute atomic E-state index is 5.85. The van der Waals surface area contributed by atoms with Crippen LogP contribution in [0.2, 0.25) is 0 Å². The van der Waals surface area contributed by atoms with Crippen molar-refractivity contribution in [2.24, 2.45) is 0 Å². The predicted molar refractivity (Wildman–Crippen MR) is 81.0 cm³/mol. The fourth-order valence-electron chi connectivity index (χ4n) is 2.81. The number of hydrogen-bond acceptors (Lipinski definition) is 2. The quantitative estimate of drug-likeness (QED) is 0.755. The zero-order chi connectivity index (χ0) is 13.5. The summed E-state index contributed by atoms with van der Waals surface area (Å²) in [6, 6.07) is 7.25. The van der Waals surface area contributed by atoms with Gasteiger partial charge in [0.15, 0.2) is 0 Å². The Kier molecular flexibility index (Phi) is 5.71. The van der Waals surface area contributed by atoms with Gasteiger partial charge in [0.1, 0.15) is 12.4 Å². The van der Waals surface area contributed by atoms with Gasteiger partial charge in [-0.1, -0.05) is 19.9 Å². The smallest absolute Gasteiger partial charge is 0.119 e. The summed E-state index contributed by atoms with van der Waals surface area (Å²) in [5.74, 6) is 1.03. The minimum absolute atomic E-state index is 0.632. The third kappa shape index (κ3) is 4.24. The van der Waals surface area contributed by atoms with E-state index < -0.39 is 0 Å². The molecule has 0 aromatic heterocycles. The Labute approximate surface area is 117 Å². The molecule has 0 unspecified atom stereocenters. The highest BCUT2D eigenvalue weighted by Gasteiger charge is 2.09. The second-order valence-corrected chi connectivity index (χ2v) is 5.45. The first-order valence-electron chi connectivity index (χ1n) is 7.81. The third-order valence-corrected chi connectivity index (χ3v) is 4.11. The molecule has 0 atom stereocenters. The lowest BCUT2D eigenvalue weighted by Crippen LogP contribution is -2.31. The summed E-state index contributed by atoms with van der Waals surface area (Å²) in [6.45, 7) is 6.15. The van der Waals surface area contributed by atoms with Crippen LogP contribution in [-0.4, -0.2) is 19.2 Å². The topological polar surface area (TPSA) is 21.3 Å². The van der Waals surface area contributed by atoms with E-state index in [1.165, 1.54) is 49.7 Å². The van der Waals surface area contributed by atoms with Crippen LogP contribution in [0.4, 0.5) is 0 Å². The van der Waals surface area contributed by atoms with Crippen molar-refractivity contribution in [3.63, 3.8) is 0 Å². The Bertz CT molecular complexity index is 385. The first-order valence-corrected chi connectivity index (χ1v) is 7.81. The number of benzene rings is 1. The van der Waals surface area contributed by atoms with Crippen LogP contribution in [0.15, 0.2) is 18.2 Å². The van der Waals surface area contributed by atoms with Crippen molar-refractivity contribution in [1.29, 1.82) is 0 Å². The van der Waals surface area contributed by atoms with Crippen molar-refractivity contribution < 1.29 is 4.74 Å². The van der Waals surface area contributed by atoms with Gasteiger partial charge in [-0.25, -0.2) is 0 Å². The van der Waals surface area contributed by atoms with E-state index in [4.69, 9.17) is 4.74 Å². The Morgan fingerprint density at radius 1 is 1.11 bits per heavy atom. The maximum atomic E-state index is 5.85. The van der Waals surface area contributed by atoms with Gasteiger partial charge >= 0.3 is 0 Å². The van der Waals surface area contributed by atoms with Crippen LogP contribution in [0.5, 0.6) is 5.75 Å². The lowest BCUT2D eigenvalue weighted by Gasteiger charge is -2.18. The number of nitrogens with one attached hydrogen (secondary N) is 1. The van der Waals surface area contributed by atoms with Crippen LogP contribution in [0, 0.1) is 0 Å². The van der Waals surface area contributed by atoms with Gasteiger partial charge in [0.05, 0.1) is 0 Å². The monoisotopic (exact) mass is 261 g/mol. The van der Waals surface area contributed by atoms with Crippen LogP contribution in [0.25, 0.3) is 0 Å². The molecule has 0 spiro atoms. The van der Waals surface area contributed by atoms with Crippen molar-refractivity contribution in [3.05, 3.63) is 29.3 Å². The molecule has 19 heavy (non-hydrogen) atoms. The van der Waals surface area contributed by atoms with E-state index >= 15 is 0 Å². The fraction of sp³-hybridized carbons (Fsp3) is 0.647. The van der Waals surface area contributed by atoms with Crippen LogP contribution in [0.1, 0.15) is 50.7 Å². The molecule has 0 fully saturated rings. The third-order valence-electron chi connectivity index (χ3n) is 4.11. The Hall–Kier alpha value is -1.02. The van der Waals surface area contributed by atoms with Crippen molar-refractivity contribution in [1.82, 2.24) is 5.32 Å². The van der Waals surface area contributed by atoms with E-state index in [0.29, 0.717) is 6.04 Å². The normalized spacial score (nSPS) is 14.5. The van der Waals surface area contributed by atoms with E-state index in [-0.39, 0.29) is 0 Å². The molecule has 1 aliphatic carbocycles. The molecule has 1 aromatic carbocycles. The fourth-order valence-corrected chi connectivity index (χ4v) is 2.81. The Morgan fingerprint density at radius 2 is 1.84 bits per heavy atom. The van der Waals surface area contributed by atoms with E-state index in [1.807, 2.05) is 0 Å². The number of hydrogen-bond donors (Lipinski definition) is 1. The number of aryl methyl sites for hydroxylation is 2. The van der Waals surface area contributed by atoms with Crippen molar-refractivity contribution in [2.45, 2.75) is 58.4 Å². The Balaban J connectivity index is 1.77. The summed E-state index contributed by atoms with van der Waals surface area (Å²) < 4.78 is 5.85. The molecule has 0 radical (unpaired) electrons. The number of rotatable bonds is 7. The molecule has 1 aliphatic rings. The molecule has 2 nitrogen and oxygen atoms in total. The van der Waals surface area contributed by atoms with Crippen LogP contribution >= 0.6 is 0 Å². The lowest BCUT2D eigenvalue weighted by molar-refractivity contribution is 0.302. The summed E-state index contributed by atoms with van der Waals surface area (Å²) in [6.07, 6.45) is 7.51. The van der Waals surface area contributed by atoms with Crippen LogP contribution in [-0.2, 0) is 12.8 Å². The number of ether oxygens (including phenoxy) is 1. The van der Waals surface area contributed by atoms with E-state index in [2.05, 4.69) is 37.4 Å². The van der Waals surface area contributed by atoms with Gasteiger partial charge < -0.3 is 10.1 Å². The average Bonchev–Trinajstić information content (AvgIpc) is 2.47. The molecular weight excluding hydrogens is 234 g/mol. The van der Waals surface area contributed by atoms with Gasteiger partial charge in [-0.2, -0.15) is 0 Å². The SMILES string of the molecule is CCC(CC)NCCOc1ccc2c(c1)CCCC2. The summed E-state index contributed by atoms with van der Waals surface area (Å²) in [7, 11) is 0. The van der Waals surface area contributed by atoms with Crippen molar-refractivity contribution >= 4 is 0 Å². The average molecular weight is 261 g/mol. The van der Waals surface area contributed by atoms with E-state index in [9.17, 15) is 0 Å². The molecule has 0 heterocycles. The molecule has 0 aliphatic heterocycles. The van der Waals surface area contributed by atoms with Crippen molar-refractivity contribution in [2.75, 3.05) is 13.2 Å². The van der Waals surface area contributed by atoms with Gasteiger partial charge in [0.2, 0.25) is 0 Å². The minimum Gasteiger partial charge on any atom is -0.492 e. The van der Waals surface area contributed by atoms with Gasteiger partial charge in [-0.15, -0.1) is 0 Å². The highest BCUT2D eigenvalue weighted by molar-refractivity contribution is 5.37. The molecule has 0 saturated heterocycles. The highest BCUT2D eigenvalue weighted by Crippen LogP contribution is 2.25. The van der Waals surface area contributed by atoms with Gasteiger partial charge in [-0.3, -0.25) is 0 Å². The Morgan fingerprint density at radius 3 is 2.58 bits per heavy atom. The molecule has 2 rings (SSSR count). The van der Waals surface area contributed by atoms with Crippen LogP contribution in [0.3, 0.4) is 0 Å². The number of fused-ring (bicyclic) bond motifs is 1. The van der Waals surface area contributed by atoms with E-state index in [1.54, 1.807) is 0 Å². The standard InChI is InChI=1S/C17H27NO/c1-3-16(4-2)18-11-12-19-17-10-9-14-7-5-6-8-15(14)13-17/h9-10,13,16,18H,3-8,11-12H2,1-2H3. The minimum atomic E-state index is 0.632. The second-order valence-electron chi connectivity index (χ2n) is 5.45. The van der Waals surface area contributed by atoms with E-state index in [0.717, 1.165) is 18.9 Å². The molecule has 0 saturated carbocycles. The maximum Gasteiger partial charge on any atom is 0.119 e. The zero-order valence-electron chi connectivity index (χ0n) is 12.4. The highest BCUT2D eigenvalue weighted by atomic mass is 16.5. The predicted octanol–water partition coefficient (Wildman–Crippen LogP) is 3.72. The molecule has 0 amide bonds. The van der Waals surface area contributed by atoms with Gasteiger partial charge in [0.25, 0.3) is 0 Å². The van der Waals surface area contributed by atoms with Gasteiger partial charge in [0, 0.05) is 12.6 Å². The zero-order valence-corrected chi connectivity index (χ0v) is 12.4. The summed E-state index contributed by atoms with van der Waals surface area (Å²) in [5, 5.41) is 3.53. The largest absolute Gasteiger partial charge is 0.492 e. The first-order chi connectivity index (χ1) is 9.33. The second kappa shape index (κ2) is 7.54.